The van der Waals surface area contributed by atoms with E-state index in [1.54, 1.807) is 21.3 Å². The minimum atomic E-state index is 0.0244. The van der Waals surface area contributed by atoms with Gasteiger partial charge in [0.2, 0.25) is 5.91 Å². The summed E-state index contributed by atoms with van der Waals surface area (Å²) < 4.78 is 77.5. The minimum Gasteiger partial charge on any atom is -0.490 e. The van der Waals surface area contributed by atoms with Crippen molar-refractivity contribution in [3.63, 3.8) is 0 Å². The molecule has 0 saturated carbocycles. The molecular formula is C102H131N9O15. The Balaban J connectivity index is 0.000000139. The highest BCUT2D eigenvalue weighted by Crippen LogP contribution is 2.40. The van der Waals surface area contributed by atoms with Crippen LogP contribution in [-0.4, -0.2) is 250 Å². The number of ether oxygens (including phenoxy) is 13. The van der Waals surface area contributed by atoms with Crippen LogP contribution in [0, 0.1) is 5.92 Å². The molecule has 0 spiro atoms. The number of fused-ring (bicyclic) bond motifs is 3. The molecule has 8 aromatic rings. The van der Waals surface area contributed by atoms with Crippen LogP contribution in [0.3, 0.4) is 0 Å². The van der Waals surface area contributed by atoms with Gasteiger partial charge in [-0.3, -0.25) is 9.59 Å². The van der Waals surface area contributed by atoms with Gasteiger partial charge in [0.1, 0.15) is 72.6 Å². The van der Waals surface area contributed by atoms with Crippen LogP contribution < -0.4 is 64.0 Å². The summed E-state index contributed by atoms with van der Waals surface area (Å²) in [5.74, 6) is 6.94. The molecule has 3 N–H and O–H groups in total. The van der Waals surface area contributed by atoms with Gasteiger partial charge in [0, 0.05) is 154 Å². The molecule has 24 nitrogen and oxygen atoms in total. The van der Waals surface area contributed by atoms with Crippen LogP contribution in [0.2, 0.25) is 0 Å². The van der Waals surface area contributed by atoms with Crippen LogP contribution in [0.15, 0.2) is 188 Å². The molecule has 2 amide bonds. The minimum absolute atomic E-state index is 0.0244. The third-order valence-corrected chi connectivity index (χ3v) is 26.2. The number of hydrogen-bond acceptors (Lipinski definition) is 22. The topological polar surface area (TPSA) is 210 Å². The van der Waals surface area contributed by atoms with E-state index in [0.717, 1.165) is 257 Å². The first kappa shape index (κ1) is 89.7. The van der Waals surface area contributed by atoms with E-state index < -0.39 is 0 Å². The van der Waals surface area contributed by atoms with Gasteiger partial charge in [0.15, 0.2) is 0 Å². The molecule has 0 aromatic heterocycles. The van der Waals surface area contributed by atoms with Crippen molar-refractivity contribution >= 4 is 34.6 Å². The Hall–Kier alpha value is -9.70. The number of rotatable bonds is 33. The van der Waals surface area contributed by atoms with Crippen molar-refractivity contribution < 1.29 is 71.2 Å². The summed E-state index contributed by atoms with van der Waals surface area (Å²) in [6.45, 7) is 23.2. The maximum Gasteiger partial charge on any atom is 0.254 e. The molecular weight excluding hydrogens is 1590 g/mol. The highest BCUT2D eigenvalue weighted by atomic mass is 16.5. The second kappa shape index (κ2) is 45.8. The highest BCUT2D eigenvalue weighted by molar-refractivity contribution is 5.94. The maximum absolute atomic E-state index is 12.9. The van der Waals surface area contributed by atoms with Crippen molar-refractivity contribution in [2.75, 3.05) is 212 Å². The molecule has 7 fully saturated rings. The molecule has 0 radical (unpaired) electrons. The summed E-state index contributed by atoms with van der Waals surface area (Å²) >= 11 is 0. The average Bonchev–Trinajstić information content (AvgIpc) is 1.04. The van der Waals surface area contributed by atoms with Crippen LogP contribution in [0.5, 0.6) is 34.5 Å². The largest absolute Gasteiger partial charge is 0.490 e. The van der Waals surface area contributed by atoms with Crippen LogP contribution >= 0.6 is 0 Å². The van der Waals surface area contributed by atoms with E-state index >= 15 is 0 Å². The van der Waals surface area contributed by atoms with Crippen molar-refractivity contribution in [1.82, 2.24) is 25.8 Å². The summed E-state index contributed by atoms with van der Waals surface area (Å²) in [4.78, 5) is 38.9. The summed E-state index contributed by atoms with van der Waals surface area (Å²) in [7, 11) is 5.26. The number of anilines is 4. The number of nitrogens with zero attached hydrogens (tertiary/aromatic N) is 6. The van der Waals surface area contributed by atoms with E-state index in [1.807, 2.05) is 40.1 Å². The first-order valence-corrected chi connectivity index (χ1v) is 46.4. The molecule has 0 unspecified atom stereocenters. The van der Waals surface area contributed by atoms with E-state index in [-0.39, 0.29) is 54.4 Å². The molecule has 10 aliphatic heterocycles. The Morgan fingerprint density at radius 3 is 1.20 bits per heavy atom. The predicted octanol–water partition coefficient (Wildman–Crippen LogP) is 13.7. The molecule has 18 rings (SSSR count). The van der Waals surface area contributed by atoms with Crippen molar-refractivity contribution in [3.05, 3.63) is 227 Å². The van der Waals surface area contributed by atoms with Gasteiger partial charge in [-0.2, -0.15) is 0 Å². The first-order chi connectivity index (χ1) is 62.1. The van der Waals surface area contributed by atoms with Crippen LogP contribution in [0.1, 0.15) is 126 Å². The van der Waals surface area contributed by atoms with Crippen molar-refractivity contribution in [1.29, 1.82) is 0 Å². The molecule has 126 heavy (non-hydrogen) atoms. The van der Waals surface area contributed by atoms with Crippen LogP contribution in [0.25, 0.3) is 0 Å². The SMILES string of the molecule is COCCCN1CCOc2ccc(CO[C@H]3CNCC[C@@H]3c3ccc(OC4CN(C(=O)c5ccccc5)C4)cc3)cc21.COCCCN1CCOc2ccc(CO[C@H]3CNCC[C@@H]3c3ccc(O[C@H]4CCN(C(=O)C5CCOCC5)C4)cc3)cc21.COCCCN1CCOc2ccc(CO[C@H]3CNCC[C@@H]3c3ccc(O[C@H]4CCN(c5ccccc5)C4)cc3)cc21. The van der Waals surface area contributed by atoms with Gasteiger partial charge in [-0.25, -0.2) is 0 Å². The number of para-hydroxylation sites is 1. The van der Waals surface area contributed by atoms with E-state index in [0.29, 0.717) is 83.6 Å². The lowest BCUT2D eigenvalue weighted by molar-refractivity contribution is -0.137. The zero-order valence-corrected chi connectivity index (χ0v) is 74.1. The number of methoxy groups -OCH3 is 3. The Kier molecular flexibility index (Phi) is 32.6. The third-order valence-electron chi connectivity index (χ3n) is 26.2. The van der Waals surface area contributed by atoms with Gasteiger partial charge in [0.05, 0.1) is 101 Å². The molecule has 8 atom stereocenters. The van der Waals surface area contributed by atoms with Gasteiger partial charge in [0.25, 0.3) is 5.91 Å². The highest BCUT2D eigenvalue weighted by Gasteiger charge is 2.37. The molecule has 10 aliphatic rings. The van der Waals surface area contributed by atoms with Crippen molar-refractivity contribution in [2.45, 2.75) is 138 Å². The number of benzene rings is 8. The molecule has 10 heterocycles. The van der Waals surface area contributed by atoms with Crippen LogP contribution in [-0.2, 0) is 57.8 Å². The number of carbonyl (C=O) groups is 2. The van der Waals surface area contributed by atoms with E-state index in [4.69, 9.17) is 61.6 Å². The zero-order chi connectivity index (χ0) is 86.0. The molecule has 0 bridgehead atoms. The van der Waals surface area contributed by atoms with Crippen molar-refractivity contribution in [2.24, 2.45) is 5.92 Å². The fourth-order valence-corrected chi connectivity index (χ4v) is 19.2. The standard InChI is InChI=1S/C34H47N3O6.C34H41N3O5.C34H43N3O4/c1-39-17-2-14-36-16-20-41-32-8-3-25(21-31(32)36)24-42-33-22-35-13-9-30(33)26-4-6-28(7-5-26)43-29-10-15-37(23-29)34(38)27-11-18-40-19-12-27;1-39-18-5-16-36-17-19-40-32-13-8-25(20-31(32)36)24-41-33-21-35-15-14-30(33)26-9-11-28(12-10-26)42-29-22-37(23-29)34(38)27-6-3-2-4-7-27;1-38-20-5-17-36-19-21-39-33-13-8-26(22-32(33)36)25-40-34-23-35-16-14-31(34)27-9-11-29(12-10-27)41-30-15-18-37(24-30)28-6-3-2-4-7-28/h3-8,21,27,29-30,33,35H,2,9-20,22-24H2,1H3;2-4,6-13,20,29-30,33,35H,5,14-19,21-24H2,1H3;2-4,6-13,22,30-31,34-35H,5,14-21,23-25H2,1H3/t29-,30+,33-;30-,33+;30-,31+,34-/m010/s1. The van der Waals surface area contributed by atoms with Gasteiger partial charge in [-0.15, -0.1) is 0 Å². The van der Waals surface area contributed by atoms with E-state index in [9.17, 15) is 9.59 Å². The number of likely N-dealkylation sites (tertiary alicyclic amines) is 2. The third kappa shape index (κ3) is 24.2. The number of carbonyl (C=O) groups excluding carboxylic acids is 2. The second-order valence-electron chi connectivity index (χ2n) is 34.8. The van der Waals surface area contributed by atoms with Gasteiger partial charge in [-0.05, 0) is 201 Å². The summed E-state index contributed by atoms with van der Waals surface area (Å²) in [5, 5.41) is 10.6. The number of piperidine rings is 3. The fourth-order valence-electron chi connectivity index (χ4n) is 19.2. The summed E-state index contributed by atoms with van der Waals surface area (Å²) in [6.07, 6.45) is 10.3. The zero-order valence-electron chi connectivity index (χ0n) is 74.1. The van der Waals surface area contributed by atoms with Gasteiger partial charge >= 0.3 is 0 Å². The Labute approximate surface area is 744 Å². The average molecular weight is 1720 g/mol. The summed E-state index contributed by atoms with van der Waals surface area (Å²) in [6, 6.07) is 65.1. The molecule has 674 valence electrons. The molecule has 0 aliphatic carbocycles. The predicted molar refractivity (Wildman–Crippen MR) is 491 cm³/mol. The molecule has 24 heteroatoms. The Morgan fingerprint density at radius 2 is 0.778 bits per heavy atom. The van der Waals surface area contributed by atoms with E-state index in [1.165, 1.54) is 27.9 Å². The quantitative estimate of drug-likeness (QED) is 0.0327. The second-order valence-corrected chi connectivity index (χ2v) is 34.8. The molecule has 7 saturated heterocycles. The maximum atomic E-state index is 12.9. The van der Waals surface area contributed by atoms with Crippen LogP contribution in [0.4, 0.5) is 22.7 Å². The Morgan fingerprint density at radius 1 is 0.389 bits per heavy atom. The smallest absolute Gasteiger partial charge is 0.254 e. The van der Waals surface area contributed by atoms with E-state index in [2.05, 4.69) is 193 Å². The normalized spacial score (nSPS) is 22.4. The summed E-state index contributed by atoms with van der Waals surface area (Å²) in [5.41, 5.74) is 12.8. The fraction of sp³-hybridized carbons (Fsp3) is 0.510. The number of amides is 2. The van der Waals surface area contributed by atoms with Crippen molar-refractivity contribution in [3.8, 4) is 34.5 Å². The van der Waals surface area contributed by atoms with Gasteiger partial charge < -0.3 is 107 Å². The Bertz CT molecular complexity index is 4660. The lowest BCUT2D eigenvalue weighted by Gasteiger charge is -2.39. The number of hydrogen-bond donors (Lipinski definition) is 3. The lowest BCUT2D eigenvalue weighted by Crippen LogP contribution is -2.56. The number of nitrogens with one attached hydrogen (secondary N) is 3. The van der Waals surface area contributed by atoms with Gasteiger partial charge in [-0.1, -0.05) is 91.0 Å². The monoisotopic (exact) mass is 1720 g/mol. The molecule has 8 aromatic carbocycles. The lowest BCUT2D eigenvalue weighted by atomic mass is 9.87. The first-order valence-electron chi connectivity index (χ1n) is 46.4.